The minimum Gasteiger partial charge on any atom is -0.379 e. The van der Waals surface area contributed by atoms with Crippen LogP contribution in [0.3, 0.4) is 0 Å². The molecule has 1 heterocycles. The van der Waals surface area contributed by atoms with Crippen molar-refractivity contribution < 1.29 is 4.74 Å². The van der Waals surface area contributed by atoms with E-state index in [1.165, 1.54) is 0 Å². The van der Waals surface area contributed by atoms with E-state index in [1.807, 2.05) is 24.4 Å². The van der Waals surface area contributed by atoms with Gasteiger partial charge in [-0.1, -0.05) is 25.1 Å². The van der Waals surface area contributed by atoms with Gasteiger partial charge < -0.3 is 4.74 Å². The Morgan fingerprint density at radius 2 is 2.28 bits per heavy atom. The summed E-state index contributed by atoms with van der Waals surface area (Å²) in [5.74, 6) is 5.63. The van der Waals surface area contributed by atoms with Crippen molar-refractivity contribution in [3.63, 3.8) is 0 Å². The molecular formula is C14H19N3O. The van der Waals surface area contributed by atoms with Crippen LogP contribution in [0.25, 0.3) is 10.8 Å². The van der Waals surface area contributed by atoms with Crippen LogP contribution in [-0.2, 0) is 4.74 Å². The van der Waals surface area contributed by atoms with E-state index in [2.05, 4.69) is 23.4 Å². The number of hydrazine groups is 1. The highest BCUT2D eigenvalue weighted by molar-refractivity contribution is 5.85. The average molecular weight is 245 g/mol. The molecule has 0 spiro atoms. The van der Waals surface area contributed by atoms with E-state index in [0.717, 1.165) is 29.4 Å². The van der Waals surface area contributed by atoms with Gasteiger partial charge in [-0.25, -0.2) is 0 Å². The third-order valence-electron chi connectivity index (χ3n) is 2.92. The van der Waals surface area contributed by atoms with Crippen molar-refractivity contribution in [2.75, 3.05) is 13.2 Å². The fourth-order valence-electron chi connectivity index (χ4n) is 2.02. The summed E-state index contributed by atoms with van der Waals surface area (Å²) in [5, 5.41) is 2.28. The summed E-state index contributed by atoms with van der Waals surface area (Å²) in [6, 6.07) is 8.15. The largest absolute Gasteiger partial charge is 0.379 e. The van der Waals surface area contributed by atoms with E-state index in [-0.39, 0.29) is 6.04 Å². The van der Waals surface area contributed by atoms with Crippen molar-refractivity contribution in [1.29, 1.82) is 0 Å². The fraction of sp³-hybridized carbons (Fsp3) is 0.357. The Hall–Kier alpha value is -1.49. The number of nitrogens with one attached hydrogen (secondary N) is 1. The second kappa shape index (κ2) is 6.44. The first-order chi connectivity index (χ1) is 8.86. The van der Waals surface area contributed by atoms with Crippen LogP contribution < -0.4 is 11.3 Å². The van der Waals surface area contributed by atoms with Crippen molar-refractivity contribution in [2.24, 2.45) is 5.84 Å². The molecule has 4 heteroatoms. The van der Waals surface area contributed by atoms with Crippen LogP contribution in [0.4, 0.5) is 0 Å². The highest BCUT2D eigenvalue weighted by Gasteiger charge is 2.12. The van der Waals surface area contributed by atoms with Crippen LogP contribution >= 0.6 is 0 Å². The molecule has 3 N–H and O–H groups in total. The molecular weight excluding hydrogens is 226 g/mol. The Kier molecular flexibility index (Phi) is 4.64. The van der Waals surface area contributed by atoms with E-state index >= 15 is 0 Å². The van der Waals surface area contributed by atoms with E-state index in [4.69, 9.17) is 10.6 Å². The van der Waals surface area contributed by atoms with Crippen LogP contribution in [0.5, 0.6) is 0 Å². The van der Waals surface area contributed by atoms with Crippen LogP contribution in [0.2, 0.25) is 0 Å². The molecule has 0 saturated carbocycles. The van der Waals surface area contributed by atoms with Gasteiger partial charge in [0.2, 0.25) is 0 Å². The summed E-state index contributed by atoms with van der Waals surface area (Å²) < 4.78 is 5.58. The first kappa shape index (κ1) is 13.0. The summed E-state index contributed by atoms with van der Waals surface area (Å²) in [7, 11) is 0. The van der Waals surface area contributed by atoms with Gasteiger partial charge in [0.15, 0.2) is 0 Å². The number of ether oxygens (including phenoxy) is 1. The smallest absolute Gasteiger partial charge is 0.0699 e. The van der Waals surface area contributed by atoms with Crippen molar-refractivity contribution in [3.8, 4) is 0 Å². The zero-order chi connectivity index (χ0) is 12.8. The summed E-state index contributed by atoms with van der Waals surface area (Å²) in [4.78, 5) is 4.13. The van der Waals surface area contributed by atoms with Crippen molar-refractivity contribution in [3.05, 3.63) is 42.2 Å². The number of nitrogens with two attached hydrogens (primary N) is 1. The highest BCUT2D eigenvalue weighted by atomic mass is 16.5. The standard InChI is InChI=1S/C14H19N3O/c1-2-8-18-10-14(17-15)13-5-3-4-11-9-16-7-6-12(11)13/h3-7,9,14,17H,2,8,10,15H2,1H3. The molecule has 0 aliphatic carbocycles. The van der Waals surface area contributed by atoms with Gasteiger partial charge in [-0.2, -0.15) is 0 Å². The number of aromatic nitrogens is 1. The minimum absolute atomic E-state index is 0.00245. The first-order valence-electron chi connectivity index (χ1n) is 6.23. The average Bonchev–Trinajstić information content (AvgIpc) is 2.43. The van der Waals surface area contributed by atoms with Gasteiger partial charge in [-0.05, 0) is 23.4 Å². The van der Waals surface area contributed by atoms with E-state index in [1.54, 1.807) is 6.20 Å². The number of pyridine rings is 1. The summed E-state index contributed by atoms with van der Waals surface area (Å²) in [5.41, 5.74) is 3.97. The highest BCUT2D eigenvalue weighted by Crippen LogP contribution is 2.23. The van der Waals surface area contributed by atoms with Gasteiger partial charge in [0.05, 0.1) is 12.6 Å². The quantitative estimate of drug-likeness (QED) is 0.465. The van der Waals surface area contributed by atoms with E-state index in [9.17, 15) is 0 Å². The maximum Gasteiger partial charge on any atom is 0.0699 e. The summed E-state index contributed by atoms with van der Waals surface area (Å²) >= 11 is 0. The zero-order valence-corrected chi connectivity index (χ0v) is 10.6. The lowest BCUT2D eigenvalue weighted by molar-refractivity contribution is 0.112. The van der Waals surface area contributed by atoms with Gasteiger partial charge in [0.25, 0.3) is 0 Å². The second-order valence-corrected chi connectivity index (χ2v) is 4.24. The molecule has 1 aromatic carbocycles. The lowest BCUT2D eigenvalue weighted by atomic mass is 10.0. The second-order valence-electron chi connectivity index (χ2n) is 4.24. The molecule has 2 rings (SSSR count). The summed E-state index contributed by atoms with van der Waals surface area (Å²) in [6.45, 7) is 3.42. The van der Waals surface area contributed by atoms with Gasteiger partial charge in [-0.3, -0.25) is 16.3 Å². The number of nitrogens with zero attached hydrogens (tertiary/aromatic N) is 1. The molecule has 18 heavy (non-hydrogen) atoms. The van der Waals surface area contributed by atoms with Crippen LogP contribution in [0.15, 0.2) is 36.7 Å². The molecule has 1 unspecified atom stereocenters. The van der Waals surface area contributed by atoms with Crippen LogP contribution in [0.1, 0.15) is 24.9 Å². The molecule has 0 saturated heterocycles. The third-order valence-corrected chi connectivity index (χ3v) is 2.92. The Bertz CT molecular complexity index is 496. The predicted molar refractivity (Wildman–Crippen MR) is 72.9 cm³/mol. The van der Waals surface area contributed by atoms with Crippen molar-refractivity contribution >= 4 is 10.8 Å². The van der Waals surface area contributed by atoms with E-state index < -0.39 is 0 Å². The number of fused-ring (bicyclic) bond motifs is 1. The number of rotatable bonds is 6. The maximum atomic E-state index is 5.63. The first-order valence-corrected chi connectivity index (χ1v) is 6.23. The lowest BCUT2D eigenvalue weighted by Gasteiger charge is -2.18. The molecule has 0 bridgehead atoms. The van der Waals surface area contributed by atoms with Crippen molar-refractivity contribution in [2.45, 2.75) is 19.4 Å². The third kappa shape index (κ3) is 2.85. The summed E-state index contributed by atoms with van der Waals surface area (Å²) in [6.07, 6.45) is 4.67. The minimum atomic E-state index is 0.00245. The SMILES string of the molecule is CCCOCC(NN)c1cccc2cnccc12. The van der Waals surface area contributed by atoms with Crippen LogP contribution in [-0.4, -0.2) is 18.2 Å². The Balaban J connectivity index is 2.27. The molecule has 0 aliphatic heterocycles. The molecule has 0 fully saturated rings. The molecule has 96 valence electrons. The molecule has 2 aromatic rings. The number of hydrogen-bond acceptors (Lipinski definition) is 4. The monoisotopic (exact) mass is 245 g/mol. The normalized spacial score (nSPS) is 12.8. The molecule has 0 aliphatic rings. The molecule has 1 aromatic heterocycles. The van der Waals surface area contributed by atoms with Crippen LogP contribution in [0, 0.1) is 0 Å². The molecule has 0 amide bonds. The maximum absolute atomic E-state index is 5.63. The van der Waals surface area contributed by atoms with Gasteiger partial charge >= 0.3 is 0 Å². The van der Waals surface area contributed by atoms with Gasteiger partial charge in [0, 0.05) is 24.4 Å². The predicted octanol–water partition coefficient (Wildman–Crippen LogP) is 2.17. The molecule has 1 atom stereocenters. The zero-order valence-electron chi connectivity index (χ0n) is 10.6. The van der Waals surface area contributed by atoms with Gasteiger partial charge in [0.1, 0.15) is 0 Å². The fourth-order valence-corrected chi connectivity index (χ4v) is 2.02. The van der Waals surface area contributed by atoms with E-state index in [0.29, 0.717) is 6.61 Å². The molecule has 4 nitrogen and oxygen atoms in total. The Morgan fingerprint density at radius 3 is 3.06 bits per heavy atom. The Morgan fingerprint density at radius 1 is 1.39 bits per heavy atom. The van der Waals surface area contributed by atoms with Crippen molar-refractivity contribution in [1.82, 2.24) is 10.4 Å². The Labute approximate surface area is 107 Å². The number of benzene rings is 1. The number of hydrogen-bond donors (Lipinski definition) is 2. The molecule has 0 radical (unpaired) electrons. The lowest BCUT2D eigenvalue weighted by Crippen LogP contribution is -2.31. The topological polar surface area (TPSA) is 60.2 Å². The van der Waals surface area contributed by atoms with Gasteiger partial charge in [-0.15, -0.1) is 0 Å².